The molecule has 0 amide bonds. The lowest BCUT2D eigenvalue weighted by atomic mass is 9.97. The van der Waals surface area contributed by atoms with Crippen LogP contribution in [0.5, 0.6) is 0 Å². The van der Waals surface area contributed by atoms with Crippen molar-refractivity contribution in [2.24, 2.45) is 0 Å². The zero-order valence-electron chi connectivity index (χ0n) is 23.0. The molecule has 0 N–H and O–H groups in total. The summed E-state index contributed by atoms with van der Waals surface area (Å²) in [5.41, 5.74) is 7.43. The van der Waals surface area contributed by atoms with E-state index < -0.39 is 0 Å². The van der Waals surface area contributed by atoms with E-state index in [1.54, 1.807) is 6.07 Å². The lowest BCUT2D eigenvalue weighted by molar-refractivity contribution is 0.597. The molecule has 0 heterocycles. The summed E-state index contributed by atoms with van der Waals surface area (Å²) < 4.78 is 13.1. The molecular weight excluding hydrogens is 415 g/mol. The predicted octanol–water partition coefficient (Wildman–Crippen LogP) is 11.2. The van der Waals surface area contributed by atoms with Gasteiger partial charge in [0.05, 0.1) is 0 Å². The van der Waals surface area contributed by atoms with Gasteiger partial charge in [-0.1, -0.05) is 129 Å². The van der Waals surface area contributed by atoms with Gasteiger partial charge in [0, 0.05) is 0 Å². The molecule has 0 saturated carbocycles. The minimum Gasteiger partial charge on any atom is -0.207 e. The van der Waals surface area contributed by atoms with Crippen LogP contribution in [0.1, 0.15) is 114 Å². The van der Waals surface area contributed by atoms with Crippen LogP contribution >= 0.6 is 0 Å². The Bertz CT molecular complexity index is 850. The molecule has 190 valence electrons. The van der Waals surface area contributed by atoms with Crippen molar-refractivity contribution in [3.05, 3.63) is 106 Å². The number of benzene rings is 3. The van der Waals surface area contributed by atoms with E-state index in [1.807, 2.05) is 52.8 Å². The Hall–Kier alpha value is -2.41. The van der Waals surface area contributed by atoms with Crippen molar-refractivity contribution in [3.63, 3.8) is 0 Å². The first kappa shape index (κ1) is 33.8. The van der Waals surface area contributed by atoms with Gasteiger partial charge in [-0.2, -0.15) is 0 Å². The number of halogens is 1. The first-order valence-electron chi connectivity index (χ1n) is 12.4. The summed E-state index contributed by atoms with van der Waals surface area (Å²) in [6.07, 6.45) is 0. The summed E-state index contributed by atoms with van der Waals surface area (Å²) in [7, 11) is 0. The van der Waals surface area contributed by atoms with Gasteiger partial charge in [-0.3, -0.25) is 0 Å². The monoisotopic (exact) mass is 466 g/mol. The largest absolute Gasteiger partial charge is 0.207 e. The quantitative estimate of drug-likeness (QED) is 0.360. The van der Waals surface area contributed by atoms with Gasteiger partial charge < -0.3 is 0 Å². The maximum Gasteiger partial charge on any atom is 0.126 e. The fourth-order valence-corrected chi connectivity index (χ4v) is 3.41. The Labute approximate surface area is 211 Å². The van der Waals surface area contributed by atoms with Crippen LogP contribution in [0, 0.1) is 26.6 Å². The van der Waals surface area contributed by atoms with E-state index in [4.69, 9.17) is 0 Å². The van der Waals surface area contributed by atoms with Gasteiger partial charge in [-0.05, 0) is 72.4 Å². The number of aryl methyl sites for hydroxylation is 3. The van der Waals surface area contributed by atoms with E-state index in [-0.39, 0.29) is 19.2 Å². The van der Waals surface area contributed by atoms with E-state index >= 15 is 0 Å². The van der Waals surface area contributed by atoms with Crippen molar-refractivity contribution < 1.29 is 4.39 Å². The summed E-state index contributed by atoms with van der Waals surface area (Å²) in [5, 5.41) is 0. The van der Waals surface area contributed by atoms with Crippen molar-refractivity contribution in [1.29, 1.82) is 0 Å². The third-order valence-corrected chi connectivity index (χ3v) is 5.29. The summed E-state index contributed by atoms with van der Waals surface area (Å²) in [4.78, 5) is 0. The summed E-state index contributed by atoms with van der Waals surface area (Å²) in [6.45, 7) is 23.1. The SMILES string of the molecule is C.CC.CC(C)c1ccccc1.Cc1ccc(C(C)C)c(C)c1.Cc1ccc(C(C)C)c(F)c1. The first-order chi connectivity index (χ1) is 15.5. The van der Waals surface area contributed by atoms with Crippen LogP contribution in [0.4, 0.5) is 4.39 Å². The third kappa shape index (κ3) is 12.7. The van der Waals surface area contributed by atoms with E-state index in [0.717, 1.165) is 11.1 Å². The highest BCUT2D eigenvalue weighted by Crippen LogP contribution is 2.20. The Balaban J connectivity index is 0. The smallest absolute Gasteiger partial charge is 0.126 e. The Kier molecular flexibility index (Phi) is 17.9. The minimum absolute atomic E-state index is 0. The molecule has 0 saturated heterocycles. The second kappa shape index (κ2) is 18.0. The van der Waals surface area contributed by atoms with Gasteiger partial charge in [-0.25, -0.2) is 4.39 Å². The van der Waals surface area contributed by atoms with Crippen LogP contribution in [0.2, 0.25) is 0 Å². The lowest BCUT2D eigenvalue weighted by Gasteiger charge is -2.09. The zero-order valence-corrected chi connectivity index (χ0v) is 23.0. The molecule has 0 fully saturated rings. The molecule has 3 rings (SSSR count). The van der Waals surface area contributed by atoms with Crippen molar-refractivity contribution >= 4 is 0 Å². The highest BCUT2D eigenvalue weighted by Gasteiger charge is 2.05. The van der Waals surface area contributed by atoms with Crippen molar-refractivity contribution in [2.45, 2.75) is 101 Å². The van der Waals surface area contributed by atoms with Gasteiger partial charge >= 0.3 is 0 Å². The number of hydrogen-bond acceptors (Lipinski definition) is 0. The molecule has 0 aromatic heterocycles. The lowest BCUT2D eigenvalue weighted by Crippen LogP contribution is -1.92. The Morgan fingerprint density at radius 3 is 1.35 bits per heavy atom. The summed E-state index contributed by atoms with van der Waals surface area (Å²) in [5.74, 6) is 1.50. The molecule has 0 atom stereocenters. The average molecular weight is 467 g/mol. The van der Waals surface area contributed by atoms with Gasteiger partial charge in [0.1, 0.15) is 5.82 Å². The standard InChI is InChI=1S/C11H16.C10H13F.C9H12.C2H6.CH4/c1-8(2)11-6-5-9(3)7-10(11)4;1-7(2)9-5-4-8(3)6-10(9)11;1-8(2)9-6-4-3-5-7-9;1-2;/h5-8H,1-4H3;4-7H,1-3H3;3-8H,1-2H3;1-2H3;1H4. The fraction of sp³-hybridized carbons (Fsp3) is 0.455. The maximum absolute atomic E-state index is 13.1. The van der Waals surface area contributed by atoms with Gasteiger partial charge in [0.15, 0.2) is 0 Å². The van der Waals surface area contributed by atoms with Gasteiger partial charge in [0.2, 0.25) is 0 Å². The molecular formula is C33H51F. The number of hydrogen-bond donors (Lipinski definition) is 0. The highest BCUT2D eigenvalue weighted by atomic mass is 19.1. The van der Waals surface area contributed by atoms with Gasteiger partial charge in [-0.15, -0.1) is 0 Å². The minimum atomic E-state index is -0.0833. The Morgan fingerprint density at radius 1 is 0.559 bits per heavy atom. The molecule has 0 aliphatic heterocycles. The second-order valence-electron chi connectivity index (χ2n) is 9.26. The van der Waals surface area contributed by atoms with Crippen LogP contribution in [0.3, 0.4) is 0 Å². The molecule has 0 spiro atoms. The van der Waals surface area contributed by atoms with Crippen molar-refractivity contribution in [1.82, 2.24) is 0 Å². The molecule has 3 aromatic carbocycles. The molecule has 0 nitrogen and oxygen atoms in total. The summed E-state index contributed by atoms with van der Waals surface area (Å²) in [6, 6.07) is 22.6. The van der Waals surface area contributed by atoms with Crippen LogP contribution in [0.25, 0.3) is 0 Å². The van der Waals surface area contributed by atoms with Crippen molar-refractivity contribution in [2.75, 3.05) is 0 Å². The van der Waals surface area contributed by atoms with E-state index in [9.17, 15) is 4.39 Å². The molecule has 0 bridgehead atoms. The molecule has 0 aliphatic carbocycles. The molecule has 3 aromatic rings. The molecule has 34 heavy (non-hydrogen) atoms. The maximum atomic E-state index is 13.1. The van der Waals surface area contributed by atoms with Crippen LogP contribution in [0.15, 0.2) is 66.7 Å². The molecule has 1 heteroatoms. The van der Waals surface area contributed by atoms with Gasteiger partial charge in [0.25, 0.3) is 0 Å². The van der Waals surface area contributed by atoms with Crippen LogP contribution in [-0.2, 0) is 0 Å². The fourth-order valence-electron chi connectivity index (χ4n) is 3.41. The van der Waals surface area contributed by atoms with Crippen LogP contribution < -0.4 is 0 Å². The van der Waals surface area contributed by atoms with Crippen molar-refractivity contribution in [3.8, 4) is 0 Å². The third-order valence-electron chi connectivity index (χ3n) is 5.29. The first-order valence-corrected chi connectivity index (χ1v) is 12.4. The average Bonchev–Trinajstić information content (AvgIpc) is 2.76. The molecule has 0 aliphatic rings. The second-order valence-corrected chi connectivity index (χ2v) is 9.26. The number of rotatable bonds is 3. The molecule has 0 unspecified atom stereocenters. The Morgan fingerprint density at radius 2 is 1.00 bits per heavy atom. The van der Waals surface area contributed by atoms with Crippen LogP contribution in [-0.4, -0.2) is 0 Å². The van der Waals surface area contributed by atoms with E-state index in [1.165, 1.54) is 22.3 Å². The topological polar surface area (TPSA) is 0 Å². The van der Waals surface area contributed by atoms with E-state index in [2.05, 4.69) is 84.0 Å². The summed E-state index contributed by atoms with van der Waals surface area (Å²) >= 11 is 0. The van der Waals surface area contributed by atoms with E-state index in [0.29, 0.717) is 11.8 Å². The normalized spacial score (nSPS) is 9.74. The molecule has 0 radical (unpaired) electrons. The predicted molar refractivity (Wildman–Crippen MR) is 154 cm³/mol. The highest BCUT2D eigenvalue weighted by molar-refractivity contribution is 5.32. The zero-order chi connectivity index (χ0) is 25.6.